The maximum Gasteiger partial charge on any atom is 0.234 e. The number of benzene rings is 2. The van der Waals surface area contributed by atoms with Gasteiger partial charge in [-0.15, -0.1) is 0 Å². The third kappa shape index (κ3) is 2.99. The van der Waals surface area contributed by atoms with Crippen molar-refractivity contribution >= 4 is 17.5 Å². The number of carbonyl (C=O) groups excluding carboxylic acids is 2. The van der Waals surface area contributed by atoms with E-state index in [9.17, 15) is 9.59 Å². The van der Waals surface area contributed by atoms with Gasteiger partial charge in [-0.25, -0.2) is 0 Å². The van der Waals surface area contributed by atoms with Crippen LogP contribution in [0.25, 0.3) is 0 Å². The zero-order valence-corrected chi connectivity index (χ0v) is 16.8. The minimum Gasteiger partial charge on any atom is -0.497 e. The fourth-order valence-corrected chi connectivity index (χ4v) is 4.86. The van der Waals surface area contributed by atoms with Gasteiger partial charge in [0.1, 0.15) is 11.4 Å². The second-order valence-corrected chi connectivity index (χ2v) is 8.05. The van der Waals surface area contributed by atoms with Crippen molar-refractivity contribution in [1.82, 2.24) is 5.32 Å². The van der Waals surface area contributed by atoms with Crippen LogP contribution in [0, 0.1) is 11.8 Å². The molecule has 2 aromatic carbocycles. The number of fused-ring (bicyclic) bond motifs is 1. The van der Waals surface area contributed by atoms with Crippen LogP contribution < -0.4 is 15.0 Å². The molecule has 2 bridgehead atoms. The van der Waals surface area contributed by atoms with Gasteiger partial charge in [0.25, 0.3) is 0 Å². The molecule has 3 heterocycles. The van der Waals surface area contributed by atoms with Crippen molar-refractivity contribution in [3.8, 4) is 5.75 Å². The maximum atomic E-state index is 13.3. The highest BCUT2D eigenvalue weighted by Crippen LogP contribution is 2.52. The quantitative estimate of drug-likeness (QED) is 0.751. The molecule has 1 spiro atoms. The van der Waals surface area contributed by atoms with Gasteiger partial charge in [-0.05, 0) is 36.2 Å². The number of amides is 2. The van der Waals surface area contributed by atoms with E-state index in [0.717, 1.165) is 17.0 Å². The molecule has 0 aliphatic carbocycles. The van der Waals surface area contributed by atoms with Gasteiger partial charge in [0.15, 0.2) is 0 Å². The van der Waals surface area contributed by atoms with E-state index in [0.29, 0.717) is 19.5 Å². The minimum absolute atomic E-state index is 0.0386. The lowest BCUT2D eigenvalue weighted by Gasteiger charge is -2.23. The molecule has 2 saturated heterocycles. The standard InChI is InChI=1S/C24H24N2O4/c1-29-18-9-7-16(8-10-18)12-14-25-22(27)20-19-11-13-24(30-19)15-26(23(28)21(20)24)17-5-3-2-4-6-17/h2-11,13,19-21H,12,14-15H2,1H3,(H,25,27)/t19-,20+,21-,24+/m1/s1. The molecule has 3 aliphatic rings. The van der Waals surface area contributed by atoms with Crippen LogP contribution >= 0.6 is 0 Å². The molecule has 1 N–H and O–H groups in total. The number of nitrogens with zero attached hydrogens (tertiary/aromatic N) is 1. The molecule has 0 aromatic heterocycles. The lowest BCUT2D eigenvalue weighted by Crippen LogP contribution is -2.44. The normalized spacial score (nSPS) is 28.6. The van der Waals surface area contributed by atoms with Crippen LogP contribution in [-0.2, 0) is 20.7 Å². The molecule has 2 aromatic rings. The second-order valence-electron chi connectivity index (χ2n) is 8.05. The highest BCUT2D eigenvalue weighted by Gasteiger charge is 2.66. The van der Waals surface area contributed by atoms with Gasteiger partial charge < -0.3 is 19.7 Å². The van der Waals surface area contributed by atoms with Crippen LogP contribution in [0.4, 0.5) is 5.69 Å². The molecule has 154 valence electrons. The average molecular weight is 404 g/mol. The van der Waals surface area contributed by atoms with Gasteiger partial charge in [-0.1, -0.05) is 42.5 Å². The molecule has 3 aliphatic heterocycles. The first kappa shape index (κ1) is 18.9. The highest BCUT2D eigenvalue weighted by molar-refractivity contribution is 6.03. The Morgan fingerprint density at radius 2 is 1.97 bits per heavy atom. The number of methoxy groups -OCH3 is 1. The summed E-state index contributed by atoms with van der Waals surface area (Å²) in [6.45, 7) is 0.956. The fourth-order valence-electron chi connectivity index (χ4n) is 4.86. The maximum absolute atomic E-state index is 13.3. The number of anilines is 1. The van der Waals surface area contributed by atoms with E-state index in [1.165, 1.54) is 0 Å². The summed E-state index contributed by atoms with van der Waals surface area (Å²) < 4.78 is 11.4. The van der Waals surface area contributed by atoms with E-state index in [4.69, 9.17) is 9.47 Å². The van der Waals surface area contributed by atoms with Gasteiger partial charge in [-0.2, -0.15) is 0 Å². The van der Waals surface area contributed by atoms with Gasteiger partial charge in [0.05, 0.1) is 31.6 Å². The third-order valence-electron chi connectivity index (χ3n) is 6.34. The van der Waals surface area contributed by atoms with Crippen LogP contribution in [-0.4, -0.2) is 43.7 Å². The molecule has 6 heteroatoms. The topological polar surface area (TPSA) is 67.9 Å². The van der Waals surface area contributed by atoms with Crippen LogP contribution in [0.2, 0.25) is 0 Å². The number of nitrogens with one attached hydrogen (secondary N) is 1. The first-order valence-corrected chi connectivity index (χ1v) is 10.3. The Hall–Kier alpha value is -3.12. The summed E-state index contributed by atoms with van der Waals surface area (Å²) >= 11 is 0. The molecule has 2 fully saturated rings. The Morgan fingerprint density at radius 3 is 2.70 bits per heavy atom. The molecule has 0 radical (unpaired) electrons. The van der Waals surface area contributed by atoms with Gasteiger partial charge >= 0.3 is 0 Å². The minimum atomic E-state index is -0.699. The lowest BCUT2D eigenvalue weighted by atomic mass is 9.77. The Morgan fingerprint density at radius 1 is 1.20 bits per heavy atom. The van der Waals surface area contributed by atoms with Crippen molar-refractivity contribution < 1.29 is 19.1 Å². The molecule has 2 amide bonds. The van der Waals surface area contributed by atoms with Crippen LogP contribution in [0.1, 0.15) is 5.56 Å². The molecular formula is C24H24N2O4. The first-order chi connectivity index (χ1) is 14.6. The number of para-hydroxylation sites is 1. The summed E-state index contributed by atoms with van der Waals surface area (Å²) in [6.07, 6.45) is 4.29. The van der Waals surface area contributed by atoms with E-state index in [1.54, 1.807) is 12.0 Å². The summed E-state index contributed by atoms with van der Waals surface area (Å²) in [5.41, 5.74) is 1.25. The second kappa shape index (κ2) is 7.29. The molecule has 30 heavy (non-hydrogen) atoms. The van der Waals surface area contributed by atoms with Crippen molar-refractivity contribution in [3.63, 3.8) is 0 Å². The van der Waals surface area contributed by atoms with Gasteiger partial charge in [-0.3, -0.25) is 9.59 Å². The molecule has 5 rings (SSSR count). The number of rotatable bonds is 6. The van der Waals surface area contributed by atoms with Crippen molar-refractivity contribution in [3.05, 3.63) is 72.3 Å². The SMILES string of the molecule is COc1ccc(CCNC(=O)[C@H]2[C@H]3C=C[C@@]4(CN(c5ccccc5)C(=O)[C@@H]24)O3)cc1. The van der Waals surface area contributed by atoms with Crippen LogP contribution in [0.3, 0.4) is 0 Å². The fraction of sp³-hybridized carbons (Fsp3) is 0.333. The van der Waals surface area contributed by atoms with Crippen LogP contribution in [0.15, 0.2) is 66.7 Å². The molecule has 0 saturated carbocycles. The van der Waals surface area contributed by atoms with E-state index < -0.39 is 17.4 Å². The Kier molecular flexibility index (Phi) is 4.59. The first-order valence-electron chi connectivity index (χ1n) is 10.3. The summed E-state index contributed by atoms with van der Waals surface area (Å²) in [7, 11) is 1.64. The Bertz CT molecular complexity index is 988. The monoisotopic (exact) mass is 404 g/mol. The van der Waals surface area contributed by atoms with E-state index in [-0.39, 0.29) is 17.9 Å². The van der Waals surface area contributed by atoms with Gasteiger partial charge in [0.2, 0.25) is 11.8 Å². The Labute approximate surface area is 175 Å². The summed E-state index contributed by atoms with van der Waals surface area (Å²) in [6, 6.07) is 17.4. The molecule has 0 unspecified atom stereocenters. The molecule has 6 nitrogen and oxygen atoms in total. The summed E-state index contributed by atoms with van der Waals surface area (Å²) in [5.74, 6) is -0.321. The van der Waals surface area contributed by atoms with E-state index >= 15 is 0 Å². The lowest BCUT2D eigenvalue weighted by molar-refractivity contribution is -0.131. The van der Waals surface area contributed by atoms with Crippen molar-refractivity contribution in [2.24, 2.45) is 11.8 Å². The predicted octanol–water partition coefficient (Wildman–Crippen LogP) is 2.34. The van der Waals surface area contributed by atoms with Gasteiger partial charge in [0, 0.05) is 12.2 Å². The third-order valence-corrected chi connectivity index (χ3v) is 6.34. The number of hydrogen-bond acceptors (Lipinski definition) is 4. The number of carbonyl (C=O) groups is 2. The average Bonchev–Trinajstić information content (AvgIpc) is 3.43. The van der Waals surface area contributed by atoms with Crippen molar-refractivity contribution in [2.75, 3.05) is 25.1 Å². The van der Waals surface area contributed by atoms with E-state index in [1.807, 2.05) is 66.7 Å². The Balaban J connectivity index is 1.27. The predicted molar refractivity (Wildman–Crippen MR) is 112 cm³/mol. The largest absolute Gasteiger partial charge is 0.497 e. The van der Waals surface area contributed by atoms with E-state index in [2.05, 4.69) is 5.32 Å². The zero-order valence-electron chi connectivity index (χ0n) is 16.8. The van der Waals surface area contributed by atoms with Crippen molar-refractivity contribution in [2.45, 2.75) is 18.1 Å². The summed E-state index contributed by atoms with van der Waals surface area (Å²) in [4.78, 5) is 28.0. The molecular weight excluding hydrogens is 380 g/mol. The molecule has 4 atom stereocenters. The smallest absolute Gasteiger partial charge is 0.234 e. The van der Waals surface area contributed by atoms with Crippen LogP contribution in [0.5, 0.6) is 5.75 Å². The number of hydrogen-bond donors (Lipinski definition) is 1. The number of ether oxygens (including phenoxy) is 2. The highest BCUT2D eigenvalue weighted by atomic mass is 16.5. The zero-order chi connectivity index (χ0) is 20.7. The summed E-state index contributed by atoms with van der Waals surface area (Å²) in [5, 5.41) is 3.02. The van der Waals surface area contributed by atoms with Crippen molar-refractivity contribution in [1.29, 1.82) is 0 Å².